The maximum absolute atomic E-state index is 13.2. The fraction of sp³-hybridized carbons (Fsp3) is 0.385. The van der Waals surface area contributed by atoms with E-state index in [1.165, 1.54) is 24.3 Å². The number of likely N-dealkylation sites (tertiary alicyclic amines) is 1. The summed E-state index contributed by atoms with van der Waals surface area (Å²) in [6, 6.07) is 9.36. The Kier molecular flexibility index (Phi) is 6.05. The van der Waals surface area contributed by atoms with Gasteiger partial charge in [-0.25, -0.2) is 15.0 Å². The van der Waals surface area contributed by atoms with Gasteiger partial charge in [0.25, 0.3) is 0 Å². The predicted molar refractivity (Wildman–Crippen MR) is 127 cm³/mol. The highest BCUT2D eigenvalue weighted by molar-refractivity contribution is 5.84. The second kappa shape index (κ2) is 9.07. The van der Waals surface area contributed by atoms with Gasteiger partial charge in [-0.1, -0.05) is 12.1 Å². The van der Waals surface area contributed by atoms with Crippen molar-refractivity contribution in [3.8, 4) is 17.1 Å². The second-order valence-corrected chi connectivity index (χ2v) is 9.46. The van der Waals surface area contributed by atoms with Crippen LogP contribution >= 0.6 is 0 Å². The van der Waals surface area contributed by atoms with Crippen molar-refractivity contribution in [1.82, 2.24) is 19.9 Å². The van der Waals surface area contributed by atoms with Crippen LogP contribution in [0, 0.1) is 6.92 Å². The van der Waals surface area contributed by atoms with Gasteiger partial charge in [0.1, 0.15) is 11.6 Å². The Labute approximate surface area is 206 Å². The number of hydrogen-bond donors (Lipinski definition) is 1. The van der Waals surface area contributed by atoms with Gasteiger partial charge in [0.2, 0.25) is 5.91 Å². The summed E-state index contributed by atoms with van der Waals surface area (Å²) >= 11 is 0. The largest absolute Gasteiger partial charge is 0.573 e. The molecule has 5 rings (SSSR count). The lowest BCUT2D eigenvalue weighted by molar-refractivity contribution is -0.274. The summed E-state index contributed by atoms with van der Waals surface area (Å²) in [6.45, 7) is 4.87. The Bertz CT molecular complexity index is 1270. The molecule has 10 heteroatoms. The summed E-state index contributed by atoms with van der Waals surface area (Å²) in [4.78, 5) is 28.6. The molecule has 0 saturated carbocycles. The molecule has 3 aromatic rings. The standard InChI is InChI=1S/C26H26F3N5O2/c1-16(18-4-6-20(7-5-18)36-26(27,28)29)24(35)34-13-10-25(15-34)9-8-19-14-21(17(2)32-22(19)33-25)23-30-11-3-12-31-23/h3-7,11-12,14,16H,8-10,13,15H2,1-2H3,(H,32,33)/t16-,25-/m0/s1. The number of fused-ring (bicyclic) bond motifs is 1. The van der Waals surface area contributed by atoms with Crippen molar-refractivity contribution < 1.29 is 22.7 Å². The van der Waals surface area contributed by atoms with Crippen LogP contribution in [0.2, 0.25) is 0 Å². The molecule has 2 aromatic heterocycles. The van der Waals surface area contributed by atoms with Crippen molar-refractivity contribution in [3.05, 3.63) is 65.6 Å². The molecule has 0 unspecified atom stereocenters. The van der Waals surface area contributed by atoms with Gasteiger partial charge in [-0.3, -0.25) is 4.79 Å². The molecule has 36 heavy (non-hydrogen) atoms. The van der Waals surface area contributed by atoms with Crippen LogP contribution in [0.1, 0.15) is 42.5 Å². The number of anilines is 1. The summed E-state index contributed by atoms with van der Waals surface area (Å²) < 4.78 is 41.2. The molecule has 1 aromatic carbocycles. The first-order valence-electron chi connectivity index (χ1n) is 11.8. The average Bonchev–Trinajstić information content (AvgIpc) is 3.26. The third-order valence-electron chi connectivity index (χ3n) is 7.00. The molecular formula is C26H26F3N5O2. The van der Waals surface area contributed by atoms with E-state index in [1.54, 1.807) is 25.4 Å². The van der Waals surface area contributed by atoms with Crippen LogP contribution in [0.25, 0.3) is 11.4 Å². The van der Waals surface area contributed by atoms with E-state index in [9.17, 15) is 18.0 Å². The lowest BCUT2D eigenvalue weighted by Gasteiger charge is -2.36. The molecule has 4 heterocycles. The third-order valence-corrected chi connectivity index (χ3v) is 7.00. The minimum atomic E-state index is -4.75. The maximum atomic E-state index is 13.2. The number of carbonyl (C=O) groups is 1. The number of halogens is 3. The van der Waals surface area contributed by atoms with Gasteiger partial charge >= 0.3 is 6.36 Å². The Morgan fingerprint density at radius 3 is 2.58 bits per heavy atom. The number of pyridine rings is 1. The van der Waals surface area contributed by atoms with Crippen molar-refractivity contribution in [3.63, 3.8) is 0 Å². The third kappa shape index (κ3) is 4.84. The van der Waals surface area contributed by atoms with Crippen LogP contribution in [-0.2, 0) is 11.2 Å². The Morgan fingerprint density at radius 2 is 1.89 bits per heavy atom. The molecule has 1 N–H and O–H groups in total. The zero-order valence-corrected chi connectivity index (χ0v) is 20.0. The minimum absolute atomic E-state index is 0.0512. The van der Waals surface area contributed by atoms with E-state index in [0.717, 1.165) is 41.9 Å². The first kappa shape index (κ1) is 24.0. The lowest BCUT2D eigenvalue weighted by atomic mass is 9.86. The monoisotopic (exact) mass is 497 g/mol. The molecule has 7 nitrogen and oxygen atoms in total. The number of aromatic nitrogens is 3. The lowest BCUT2D eigenvalue weighted by Crippen LogP contribution is -2.46. The van der Waals surface area contributed by atoms with E-state index < -0.39 is 12.3 Å². The smallest absolute Gasteiger partial charge is 0.406 e. The number of carbonyl (C=O) groups excluding carboxylic acids is 1. The van der Waals surface area contributed by atoms with Crippen LogP contribution in [0.4, 0.5) is 19.0 Å². The molecule has 0 aliphatic carbocycles. The normalized spacial score (nSPS) is 20.1. The molecular weight excluding hydrogens is 471 g/mol. The molecule has 0 radical (unpaired) electrons. The van der Waals surface area contributed by atoms with Crippen LogP contribution in [0.3, 0.4) is 0 Å². The first-order chi connectivity index (χ1) is 17.1. The van der Waals surface area contributed by atoms with Gasteiger partial charge < -0.3 is 15.0 Å². The van der Waals surface area contributed by atoms with Crippen molar-refractivity contribution in [1.29, 1.82) is 0 Å². The van der Waals surface area contributed by atoms with Crippen LogP contribution in [0.15, 0.2) is 48.8 Å². The van der Waals surface area contributed by atoms with Crippen molar-refractivity contribution in [2.45, 2.75) is 50.9 Å². The van der Waals surface area contributed by atoms with Gasteiger partial charge in [-0.2, -0.15) is 0 Å². The summed E-state index contributed by atoms with van der Waals surface area (Å²) in [6.07, 6.45) is 1.17. The van der Waals surface area contributed by atoms with E-state index >= 15 is 0 Å². The number of rotatable bonds is 4. The Morgan fingerprint density at radius 1 is 1.17 bits per heavy atom. The fourth-order valence-electron chi connectivity index (χ4n) is 5.04. The first-order valence-corrected chi connectivity index (χ1v) is 11.8. The molecule has 1 amide bonds. The van der Waals surface area contributed by atoms with E-state index in [-0.39, 0.29) is 17.2 Å². The number of benzene rings is 1. The maximum Gasteiger partial charge on any atom is 0.573 e. The van der Waals surface area contributed by atoms with E-state index in [0.29, 0.717) is 24.5 Å². The molecule has 2 aliphatic heterocycles. The molecule has 2 aliphatic rings. The van der Waals surface area contributed by atoms with Crippen LogP contribution in [-0.4, -0.2) is 50.7 Å². The SMILES string of the molecule is Cc1nc2c(cc1-c1ncccn1)CC[C@@]1(CCN(C(=O)[C@@H](C)c3ccc(OC(F)(F)F)cc3)C1)N2. The summed E-state index contributed by atoms with van der Waals surface area (Å²) in [5.41, 5.74) is 3.24. The van der Waals surface area contributed by atoms with Gasteiger partial charge in [0.05, 0.1) is 17.2 Å². The zero-order valence-electron chi connectivity index (χ0n) is 20.0. The zero-order chi connectivity index (χ0) is 25.5. The van der Waals surface area contributed by atoms with Gasteiger partial charge in [-0.15, -0.1) is 13.2 Å². The van der Waals surface area contributed by atoms with Crippen LogP contribution < -0.4 is 10.1 Å². The number of amides is 1. The van der Waals surface area contributed by atoms with Gasteiger partial charge in [-0.05, 0) is 68.5 Å². The molecule has 1 saturated heterocycles. The number of nitrogens with one attached hydrogen (secondary N) is 1. The molecule has 1 spiro atoms. The van der Waals surface area contributed by atoms with E-state index in [1.807, 2.05) is 11.8 Å². The topological polar surface area (TPSA) is 80.2 Å². The number of hydrogen-bond acceptors (Lipinski definition) is 6. The quantitative estimate of drug-likeness (QED) is 0.554. The highest BCUT2D eigenvalue weighted by Crippen LogP contribution is 2.38. The van der Waals surface area contributed by atoms with Crippen LogP contribution in [0.5, 0.6) is 5.75 Å². The summed E-state index contributed by atoms with van der Waals surface area (Å²) in [5.74, 6) is 0.645. The summed E-state index contributed by atoms with van der Waals surface area (Å²) in [5, 5.41) is 3.62. The highest BCUT2D eigenvalue weighted by atomic mass is 19.4. The molecule has 188 valence electrons. The Balaban J connectivity index is 1.27. The Hall–Kier alpha value is -3.69. The van der Waals surface area contributed by atoms with Crippen molar-refractivity contribution >= 4 is 11.7 Å². The molecule has 2 atom stereocenters. The average molecular weight is 498 g/mol. The number of nitrogens with zero attached hydrogens (tertiary/aromatic N) is 4. The van der Waals surface area contributed by atoms with E-state index in [2.05, 4.69) is 26.1 Å². The van der Waals surface area contributed by atoms with Crippen molar-refractivity contribution in [2.75, 3.05) is 18.4 Å². The fourth-order valence-corrected chi connectivity index (χ4v) is 5.04. The van der Waals surface area contributed by atoms with Crippen molar-refractivity contribution in [2.24, 2.45) is 0 Å². The number of ether oxygens (including phenoxy) is 1. The molecule has 1 fully saturated rings. The highest BCUT2D eigenvalue weighted by Gasteiger charge is 2.43. The predicted octanol–water partition coefficient (Wildman–Crippen LogP) is 4.88. The second-order valence-electron chi connectivity index (χ2n) is 9.46. The van der Waals surface area contributed by atoms with Gasteiger partial charge in [0.15, 0.2) is 5.82 Å². The number of aryl methyl sites for hydroxylation is 2. The molecule has 0 bridgehead atoms. The van der Waals surface area contributed by atoms with E-state index in [4.69, 9.17) is 4.98 Å². The minimum Gasteiger partial charge on any atom is -0.406 e. The summed E-state index contributed by atoms with van der Waals surface area (Å²) in [7, 11) is 0. The number of alkyl halides is 3. The van der Waals surface area contributed by atoms with Gasteiger partial charge in [0, 0.05) is 31.0 Å².